The highest BCUT2D eigenvalue weighted by molar-refractivity contribution is 7.26. The van der Waals surface area contributed by atoms with Crippen molar-refractivity contribution in [3.8, 4) is 56.2 Å². The second-order valence-corrected chi connectivity index (χ2v) is 15.2. The molecule has 0 radical (unpaired) electrons. The van der Waals surface area contributed by atoms with Gasteiger partial charge in [0.25, 0.3) is 0 Å². The Labute approximate surface area is 322 Å². The van der Waals surface area contributed by atoms with E-state index in [1.54, 1.807) is 0 Å². The van der Waals surface area contributed by atoms with Crippen molar-refractivity contribution < 1.29 is 0 Å². The number of benzene rings is 9. The van der Waals surface area contributed by atoms with Gasteiger partial charge < -0.3 is 0 Å². The Hall–Kier alpha value is -6.94. The molecular weight excluding hydrogens is 685 g/mol. The van der Waals surface area contributed by atoms with Crippen LogP contribution >= 0.6 is 11.3 Å². The van der Waals surface area contributed by atoms with E-state index in [4.69, 9.17) is 9.97 Å². The monoisotopic (exact) mass is 716 g/mol. The minimum atomic E-state index is 0.711. The Morgan fingerprint density at radius 1 is 0.327 bits per heavy atom. The Morgan fingerprint density at radius 2 is 0.927 bits per heavy atom. The number of fused-ring (bicyclic) bond motifs is 7. The van der Waals surface area contributed by atoms with Crippen LogP contribution in [-0.4, -0.2) is 9.97 Å². The molecule has 2 heterocycles. The van der Waals surface area contributed by atoms with Crippen LogP contribution < -0.4 is 0 Å². The van der Waals surface area contributed by atoms with Crippen LogP contribution in [0.4, 0.5) is 0 Å². The lowest BCUT2D eigenvalue weighted by Crippen LogP contribution is -1.96. The molecule has 0 atom stereocenters. The highest BCUT2D eigenvalue weighted by Gasteiger charge is 2.15. The molecule has 3 heteroatoms. The highest BCUT2D eigenvalue weighted by atomic mass is 32.1. The van der Waals surface area contributed by atoms with Crippen LogP contribution in [-0.2, 0) is 0 Å². The first-order valence-electron chi connectivity index (χ1n) is 18.6. The standard InChI is InChI=1S/C52H32N2S/c1-2-12-38(13-3-1)52-53-47(35-23-21-34(22-24-35)42-18-10-19-45-43-17-8-9-20-49(43)55-51(42)45)32-48(54-52)36-25-27-37(28-26-36)50-41-16-7-5-14-39(41)31-46-40-15-6-4-11-33(40)29-30-44(46)50/h1-32H. The first-order valence-corrected chi connectivity index (χ1v) is 19.5. The summed E-state index contributed by atoms with van der Waals surface area (Å²) in [7, 11) is 0. The third-order valence-electron chi connectivity index (χ3n) is 10.9. The molecule has 0 saturated heterocycles. The van der Waals surface area contributed by atoms with Crippen LogP contribution in [0, 0.1) is 0 Å². The fourth-order valence-corrected chi connectivity index (χ4v) is 9.43. The normalized spacial score (nSPS) is 11.6. The Balaban J connectivity index is 1.01. The maximum atomic E-state index is 5.15. The van der Waals surface area contributed by atoms with Gasteiger partial charge in [0.1, 0.15) is 0 Å². The van der Waals surface area contributed by atoms with E-state index in [-0.39, 0.29) is 0 Å². The van der Waals surface area contributed by atoms with E-state index in [1.165, 1.54) is 74.7 Å². The van der Waals surface area contributed by atoms with Crippen molar-refractivity contribution in [2.45, 2.75) is 0 Å². The Bertz CT molecular complexity index is 3230. The number of rotatable bonds is 5. The molecule has 11 aromatic rings. The molecule has 2 aromatic heterocycles. The van der Waals surface area contributed by atoms with Gasteiger partial charge in [-0.15, -0.1) is 11.3 Å². The van der Waals surface area contributed by atoms with Crippen molar-refractivity contribution in [1.29, 1.82) is 0 Å². The van der Waals surface area contributed by atoms with Crippen LogP contribution in [0.5, 0.6) is 0 Å². The molecule has 0 aliphatic rings. The molecule has 0 N–H and O–H groups in total. The largest absolute Gasteiger partial charge is 0.228 e. The van der Waals surface area contributed by atoms with E-state index in [0.717, 1.165) is 28.1 Å². The SMILES string of the molecule is c1ccc(-c2nc(-c3ccc(-c4c5ccccc5cc5c4ccc4ccccc45)cc3)cc(-c3ccc(-c4cccc5c4sc4ccccc45)cc3)n2)cc1. The molecule has 256 valence electrons. The summed E-state index contributed by atoms with van der Waals surface area (Å²) in [6.07, 6.45) is 0. The van der Waals surface area contributed by atoms with Crippen molar-refractivity contribution in [2.75, 3.05) is 0 Å². The van der Waals surface area contributed by atoms with Crippen molar-refractivity contribution in [3.63, 3.8) is 0 Å². The van der Waals surface area contributed by atoms with Gasteiger partial charge in [0.05, 0.1) is 11.4 Å². The summed E-state index contributed by atoms with van der Waals surface area (Å²) in [6.45, 7) is 0. The Kier molecular flexibility index (Phi) is 7.39. The molecule has 0 aliphatic carbocycles. The van der Waals surface area contributed by atoms with E-state index in [2.05, 4.69) is 176 Å². The van der Waals surface area contributed by atoms with E-state index in [9.17, 15) is 0 Å². The predicted molar refractivity (Wildman–Crippen MR) is 235 cm³/mol. The first-order chi connectivity index (χ1) is 27.2. The number of thiophene rings is 1. The van der Waals surface area contributed by atoms with Crippen molar-refractivity contribution >= 4 is 63.8 Å². The van der Waals surface area contributed by atoms with Gasteiger partial charge in [-0.25, -0.2) is 9.97 Å². The summed E-state index contributed by atoms with van der Waals surface area (Å²) in [5.41, 5.74) is 9.77. The summed E-state index contributed by atoms with van der Waals surface area (Å²) < 4.78 is 2.64. The molecule has 11 rings (SSSR count). The molecule has 0 bridgehead atoms. The minimum absolute atomic E-state index is 0.711. The number of hydrogen-bond donors (Lipinski definition) is 0. The topological polar surface area (TPSA) is 25.8 Å². The number of aromatic nitrogens is 2. The van der Waals surface area contributed by atoms with Crippen molar-refractivity contribution in [3.05, 3.63) is 194 Å². The third kappa shape index (κ3) is 5.40. The first kappa shape index (κ1) is 31.6. The van der Waals surface area contributed by atoms with E-state index in [0.29, 0.717) is 5.82 Å². The fourth-order valence-electron chi connectivity index (χ4n) is 8.19. The summed E-state index contributed by atoms with van der Waals surface area (Å²) >= 11 is 1.86. The minimum Gasteiger partial charge on any atom is -0.228 e. The molecule has 0 fully saturated rings. The van der Waals surface area contributed by atoms with Gasteiger partial charge in [0.2, 0.25) is 0 Å². The summed E-state index contributed by atoms with van der Waals surface area (Å²) in [4.78, 5) is 10.3. The summed E-state index contributed by atoms with van der Waals surface area (Å²) in [5.74, 6) is 0.711. The lowest BCUT2D eigenvalue weighted by molar-refractivity contribution is 1.18. The third-order valence-corrected chi connectivity index (χ3v) is 12.1. The smallest absolute Gasteiger partial charge is 0.160 e. The lowest BCUT2D eigenvalue weighted by Gasteiger charge is -2.15. The van der Waals surface area contributed by atoms with Gasteiger partial charge >= 0.3 is 0 Å². The van der Waals surface area contributed by atoms with Crippen LogP contribution in [0.25, 0.3) is 109 Å². The van der Waals surface area contributed by atoms with Crippen molar-refractivity contribution in [2.24, 2.45) is 0 Å². The molecule has 9 aromatic carbocycles. The molecule has 0 spiro atoms. The zero-order valence-electron chi connectivity index (χ0n) is 29.8. The zero-order valence-corrected chi connectivity index (χ0v) is 30.6. The van der Waals surface area contributed by atoms with Crippen LogP contribution in [0.15, 0.2) is 194 Å². The number of nitrogens with zero attached hydrogens (tertiary/aromatic N) is 2. The molecular formula is C52H32N2S. The average molecular weight is 717 g/mol. The second kappa shape index (κ2) is 12.9. The van der Waals surface area contributed by atoms with E-state index < -0.39 is 0 Å². The van der Waals surface area contributed by atoms with Gasteiger partial charge in [-0.1, -0.05) is 176 Å². The van der Waals surface area contributed by atoms with Gasteiger partial charge in [-0.05, 0) is 72.8 Å². The predicted octanol–water partition coefficient (Wildman–Crippen LogP) is 14.6. The van der Waals surface area contributed by atoms with Crippen molar-refractivity contribution in [1.82, 2.24) is 9.97 Å². The second-order valence-electron chi connectivity index (χ2n) is 14.1. The van der Waals surface area contributed by atoms with E-state index in [1.807, 2.05) is 29.5 Å². The van der Waals surface area contributed by atoms with Gasteiger partial charge in [-0.3, -0.25) is 0 Å². The molecule has 2 nitrogen and oxygen atoms in total. The fraction of sp³-hybridized carbons (Fsp3) is 0. The molecule has 0 amide bonds. The van der Waals surface area contributed by atoms with Crippen LogP contribution in [0.2, 0.25) is 0 Å². The van der Waals surface area contributed by atoms with Gasteiger partial charge in [-0.2, -0.15) is 0 Å². The summed E-state index contributed by atoms with van der Waals surface area (Å²) in [6, 6.07) is 69.7. The van der Waals surface area contributed by atoms with Crippen LogP contribution in [0.3, 0.4) is 0 Å². The average Bonchev–Trinajstić information content (AvgIpc) is 3.65. The lowest BCUT2D eigenvalue weighted by atomic mass is 9.89. The molecule has 0 aliphatic heterocycles. The highest BCUT2D eigenvalue weighted by Crippen LogP contribution is 2.42. The maximum Gasteiger partial charge on any atom is 0.160 e. The van der Waals surface area contributed by atoms with Gasteiger partial charge in [0, 0.05) is 36.9 Å². The summed E-state index contributed by atoms with van der Waals surface area (Å²) in [5, 5.41) is 10.2. The molecule has 0 unspecified atom stereocenters. The number of hydrogen-bond acceptors (Lipinski definition) is 3. The Morgan fingerprint density at radius 3 is 1.69 bits per heavy atom. The molecule has 55 heavy (non-hydrogen) atoms. The van der Waals surface area contributed by atoms with Gasteiger partial charge in [0.15, 0.2) is 5.82 Å². The van der Waals surface area contributed by atoms with Crippen LogP contribution in [0.1, 0.15) is 0 Å². The van der Waals surface area contributed by atoms with E-state index >= 15 is 0 Å². The quantitative estimate of drug-likeness (QED) is 0.131. The maximum absolute atomic E-state index is 5.15. The zero-order chi connectivity index (χ0) is 36.3. The molecule has 0 saturated carbocycles.